The molecule has 0 amide bonds. The largest absolute Gasteiger partial charge is 0.354 e. The van der Waals surface area contributed by atoms with Crippen molar-refractivity contribution in [1.29, 1.82) is 0 Å². The van der Waals surface area contributed by atoms with Crippen LogP contribution in [0.5, 0.6) is 0 Å². The van der Waals surface area contributed by atoms with Gasteiger partial charge in [-0.15, -0.1) is 10.2 Å². The average Bonchev–Trinajstić information content (AvgIpc) is 3.39. The molecule has 0 radical (unpaired) electrons. The van der Waals surface area contributed by atoms with E-state index in [1.807, 2.05) is 16.8 Å². The average molecular weight is 346 g/mol. The monoisotopic (exact) mass is 346 g/mol. The quantitative estimate of drug-likeness (QED) is 0.725. The number of aromatic nitrogens is 4. The molecule has 2 aliphatic rings. The SMILES string of the molecule is c1ccc(CN2C[C@H]3CN(c4ccc(-n5ccnc5)nn4)C[C@@H]3C2)cc1. The van der Waals surface area contributed by atoms with Gasteiger partial charge in [0.05, 0.1) is 0 Å². The number of fused-ring (bicyclic) bond motifs is 1. The van der Waals surface area contributed by atoms with Gasteiger partial charge < -0.3 is 4.90 Å². The molecule has 0 bridgehead atoms. The lowest BCUT2D eigenvalue weighted by atomic mass is 10.0. The van der Waals surface area contributed by atoms with Crippen molar-refractivity contribution in [3.63, 3.8) is 0 Å². The second-order valence-electron chi connectivity index (χ2n) is 7.32. The molecule has 6 heteroatoms. The predicted octanol–water partition coefficient (Wildman–Crippen LogP) is 2.23. The van der Waals surface area contributed by atoms with Gasteiger partial charge in [-0.25, -0.2) is 4.98 Å². The molecule has 0 aliphatic carbocycles. The van der Waals surface area contributed by atoms with E-state index in [0.29, 0.717) is 0 Å². The third-order valence-electron chi connectivity index (χ3n) is 5.54. The van der Waals surface area contributed by atoms with Gasteiger partial charge >= 0.3 is 0 Å². The predicted molar refractivity (Wildman–Crippen MR) is 100 cm³/mol. The van der Waals surface area contributed by atoms with Crippen molar-refractivity contribution < 1.29 is 0 Å². The van der Waals surface area contributed by atoms with E-state index in [1.165, 1.54) is 18.7 Å². The molecule has 2 aliphatic heterocycles. The Bertz CT molecular complexity index is 832. The maximum Gasteiger partial charge on any atom is 0.160 e. The molecule has 5 rings (SSSR count). The zero-order chi connectivity index (χ0) is 17.3. The Labute approximate surface area is 153 Å². The summed E-state index contributed by atoms with van der Waals surface area (Å²) < 4.78 is 1.87. The first-order valence-corrected chi connectivity index (χ1v) is 9.18. The van der Waals surface area contributed by atoms with Crippen molar-refractivity contribution in [2.45, 2.75) is 6.54 Å². The van der Waals surface area contributed by atoms with E-state index in [2.05, 4.69) is 61.4 Å². The molecule has 0 saturated carbocycles. The van der Waals surface area contributed by atoms with Crippen LogP contribution in [0.1, 0.15) is 5.56 Å². The van der Waals surface area contributed by atoms with Crippen LogP contribution in [-0.4, -0.2) is 50.8 Å². The lowest BCUT2D eigenvalue weighted by Gasteiger charge is -2.22. The van der Waals surface area contributed by atoms with E-state index < -0.39 is 0 Å². The first kappa shape index (κ1) is 15.5. The van der Waals surface area contributed by atoms with E-state index in [1.54, 1.807) is 12.5 Å². The lowest BCUT2D eigenvalue weighted by Crippen LogP contribution is -2.29. The topological polar surface area (TPSA) is 50.1 Å². The van der Waals surface area contributed by atoms with Gasteiger partial charge in [0.25, 0.3) is 0 Å². The van der Waals surface area contributed by atoms with Gasteiger partial charge in [0, 0.05) is 45.1 Å². The van der Waals surface area contributed by atoms with Crippen LogP contribution in [0.4, 0.5) is 5.82 Å². The Morgan fingerprint density at radius 1 is 0.846 bits per heavy atom. The van der Waals surface area contributed by atoms with Gasteiger partial charge in [0.2, 0.25) is 0 Å². The van der Waals surface area contributed by atoms with Gasteiger partial charge in [-0.3, -0.25) is 9.47 Å². The van der Waals surface area contributed by atoms with Crippen molar-refractivity contribution >= 4 is 5.82 Å². The molecule has 132 valence electrons. The maximum absolute atomic E-state index is 4.44. The normalized spacial score (nSPS) is 22.7. The highest BCUT2D eigenvalue weighted by Gasteiger charge is 2.40. The highest BCUT2D eigenvalue weighted by atomic mass is 15.3. The van der Waals surface area contributed by atoms with Gasteiger partial charge in [-0.05, 0) is 29.5 Å². The Kier molecular flexibility index (Phi) is 3.90. The Balaban J connectivity index is 1.21. The molecule has 2 fully saturated rings. The summed E-state index contributed by atoms with van der Waals surface area (Å²) in [6.45, 7) is 5.57. The standard InChI is InChI=1S/C20H22N6/c1-2-4-16(5-3-1)10-24-11-17-13-26(14-18(17)12-24)20-7-6-19(22-23-20)25-9-8-21-15-25/h1-9,15,17-18H,10-14H2/t17-,18-/m0/s1. The van der Waals surface area contributed by atoms with Gasteiger partial charge in [-0.1, -0.05) is 30.3 Å². The molecule has 2 saturated heterocycles. The second kappa shape index (κ2) is 6.53. The molecule has 6 nitrogen and oxygen atoms in total. The smallest absolute Gasteiger partial charge is 0.160 e. The van der Waals surface area contributed by atoms with Gasteiger partial charge in [-0.2, -0.15) is 0 Å². The molecule has 0 spiro atoms. The number of benzene rings is 1. The number of imidazole rings is 1. The highest BCUT2D eigenvalue weighted by molar-refractivity contribution is 5.41. The summed E-state index contributed by atoms with van der Waals surface area (Å²) in [6, 6.07) is 14.9. The van der Waals surface area contributed by atoms with Gasteiger partial charge in [0.15, 0.2) is 11.6 Å². The molecule has 0 N–H and O–H groups in total. The highest BCUT2D eigenvalue weighted by Crippen LogP contribution is 2.33. The number of anilines is 1. The van der Waals surface area contributed by atoms with E-state index in [-0.39, 0.29) is 0 Å². The van der Waals surface area contributed by atoms with Crippen molar-refractivity contribution in [3.8, 4) is 5.82 Å². The summed E-state index contributed by atoms with van der Waals surface area (Å²) in [5.41, 5.74) is 1.41. The first-order valence-electron chi connectivity index (χ1n) is 9.18. The van der Waals surface area contributed by atoms with Crippen LogP contribution in [0.25, 0.3) is 5.82 Å². The zero-order valence-corrected chi connectivity index (χ0v) is 14.6. The zero-order valence-electron chi connectivity index (χ0n) is 14.6. The third-order valence-corrected chi connectivity index (χ3v) is 5.54. The fourth-order valence-electron chi connectivity index (χ4n) is 4.27. The minimum absolute atomic E-state index is 0.730. The Morgan fingerprint density at radius 3 is 2.23 bits per heavy atom. The molecule has 3 aromatic rings. The van der Waals surface area contributed by atoms with Crippen LogP contribution in [0.15, 0.2) is 61.2 Å². The fraction of sp³-hybridized carbons (Fsp3) is 0.350. The lowest BCUT2D eigenvalue weighted by molar-refractivity contribution is 0.309. The number of rotatable bonds is 4. The summed E-state index contributed by atoms with van der Waals surface area (Å²) >= 11 is 0. The summed E-state index contributed by atoms with van der Waals surface area (Å²) in [4.78, 5) is 9.04. The molecule has 0 unspecified atom stereocenters. The molecule has 4 heterocycles. The van der Waals surface area contributed by atoms with Gasteiger partial charge in [0.1, 0.15) is 6.33 Å². The molecular formula is C20H22N6. The molecular weight excluding hydrogens is 324 g/mol. The minimum Gasteiger partial charge on any atom is -0.354 e. The van der Waals surface area contributed by atoms with Crippen molar-refractivity contribution in [2.24, 2.45) is 11.8 Å². The second-order valence-corrected chi connectivity index (χ2v) is 7.32. The molecule has 1 aromatic carbocycles. The van der Waals surface area contributed by atoms with Crippen LogP contribution < -0.4 is 4.90 Å². The molecule has 26 heavy (non-hydrogen) atoms. The molecule has 2 aromatic heterocycles. The summed E-state index contributed by atoms with van der Waals surface area (Å²) in [6.07, 6.45) is 5.37. The van der Waals surface area contributed by atoms with Crippen LogP contribution >= 0.6 is 0 Å². The summed E-state index contributed by atoms with van der Waals surface area (Å²) in [5.74, 6) is 3.25. The third kappa shape index (κ3) is 2.97. The van der Waals surface area contributed by atoms with E-state index >= 15 is 0 Å². The maximum atomic E-state index is 4.44. The number of likely N-dealkylation sites (tertiary alicyclic amines) is 1. The van der Waals surface area contributed by atoms with E-state index in [9.17, 15) is 0 Å². The fourth-order valence-corrected chi connectivity index (χ4v) is 4.27. The van der Waals surface area contributed by atoms with Crippen LogP contribution in [-0.2, 0) is 6.54 Å². The van der Waals surface area contributed by atoms with Crippen LogP contribution in [0.3, 0.4) is 0 Å². The molecule has 2 atom stereocenters. The number of hydrogen-bond donors (Lipinski definition) is 0. The van der Waals surface area contributed by atoms with Crippen molar-refractivity contribution in [3.05, 3.63) is 66.7 Å². The van der Waals surface area contributed by atoms with Crippen LogP contribution in [0, 0.1) is 11.8 Å². The summed E-state index contributed by atoms with van der Waals surface area (Å²) in [5, 5.41) is 8.80. The van der Waals surface area contributed by atoms with Crippen LogP contribution in [0.2, 0.25) is 0 Å². The van der Waals surface area contributed by atoms with E-state index in [0.717, 1.165) is 43.1 Å². The number of hydrogen-bond acceptors (Lipinski definition) is 5. The minimum atomic E-state index is 0.730. The first-order chi connectivity index (χ1) is 12.8. The van der Waals surface area contributed by atoms with Crippen molar-refractivity contribution in [1.82, 2.24) is 24.6 Å². The Hall–Kier alpha value is -2.73. The Morgan fingerprint density at radius 2 is 1.58 bits per heavy atom. The number of nitrogens with zero attached hydrogens (tertiary/aromatic N) is 6. The van der Waals surface area contributed by atoms with Crippen molar-refractivity contribution in [2.75, 3.05) is 31.1 Å². The van der Waals surface area contributed by atoms with E-state index in [4.69, 9.17) is 0 Å². The summed E-state index contributed by atoms with van der Waals surface area (Å²) in [7, 11) is 0.